The van der Waals surface area contributed by atoms with E-state index in [0.717, 1.165) is 27.0 Å². The number of halogens is 1. The molecule has 0 saturated carbocycles. The summed E-state index contributed by atoms with van der Waals surface area (Å²) in [4.78, 5) is 12.3. The zero-order chi connectivity index (χ0) is 14.8. The number of nitrogens with one attached hydrogen (secondary N) is 1. The Hall–Kier alpha value is -2.07. The average molecular weight is 344 g/mol. The lowest BCUT2D eigenvalue weighted by Gasteiger charge is -2.18. The summed E-state index contributed by atoms with van der Waals surface area (Å²) in [5.74, 6) is 0.662. The molecule has 0 aliphatic carbocycles. The molecule has 0 unspecified atom stereocenters. The van der Waals surface area contributed by atoms with Crippen LogP contribution in [0, 0.1) is 6.92 Å². The monoisotopic (exact) mass is 343 g/mol. The van der Waals surface area contributed by atoms with E-state index >= 15 is 0 Å². The van der Waals surface area contributed by atoms with Crippen LogP contribution in [0.4, 0.5) is 5.69 Å². The Balaban J connectivity index is 1.81. The van der Waals surface area contributed by atoms with E-state index in [-0.39, 0.29) is 12.5 Å². The second-order valence-corrected chi connectivity index (χ2v) is 5.88. The van der Waals surface area contributed by atoms with Crippen LogP contribution in [0.25, 0.3) is 6.08 Å². The molecule has 0 saturated heterocycles. The van der Waals surface area contributed by atoms with Crippen molar-refractivity contribution in [2.75, 3.05) is 11.9 Å². The minimum atomic E-state index is -0.135. The first kappa shape index (κ1) is 13.9. The molecular weight excluding hydrogens is 330 g/mol. The van der Waals surface area contributed by atoms with Crippen LogP contribution in [0.2, 0.25) is 0 Å². The SMILES string of the molecule is Cc1ccc(NC(=O)C2=Cc3cc(Br)ccc3OC2)cc1. The summed E-state index contributed by atoms with van der Waals surface area (Å²) in [6.45, 7) is 2.30. The molecule has 0 radical (unpaired) electrons. The summed E-state index contributed by atoms with van der Waals surface area (Å²) in [5.41, 5.74) is 3.46. The van der Waals surface area contributed by atoms with Crippen molar-refractivity contribution >= 4 is 33.6 Å². The van der Waals surface area contributed by atoms with Gasteiger partial charge in [-0.1, -0.05) is 33.6 Å². The van der Waals surface area contributed by atoms with Crippen molar-refractivity contribution in [3.8, 4) is 5.75 Å². The van der Waals surface area contributed by atoms with Gasteiger partial charge in [-0.25, -0.2) is 0 Å². The second-order valence-electron chi connectivity index (χ2n) is 4.96. The first-order valence-electron chi connectivity index (χ1n) is 6.63. The Bertz CT molecular complexity index is 720. The van der Waals surface area contributed by atoms with E-state index in [1.165, 1.54) is 0 Å². The number of aryl methyl sites for hydroxylation is 1. The molecule has 3 nitrogen and oxygen atoms in total. The van der Waals surface area contributed by atoms with Gasteiger partial charge in [-0.15, -0.1) is 0 Å². The molecule has 2 aromatic rings. The highest BCUT2D eigenvalue weighted by atomic mass is 79.9. The van der Waals surface area contributed by atoms with Gasteiger partial charge in [0, 0.05) is 15.7 Å². The molecule has 0 aromatic heterocycles. The van der Waals surface area contributed by atoms with Crippen molar-refractivity contribution in [2.24, 2.45) is 0 Å². The fourth-order valence-electron chi connectivity index (χ4n) is 2.13. The van der Waals surface area contributed by atoms with E-state index in [2.05, 4.69) is 21.2 Å². The summed E-state index contributed by atoms with van der Waals surface area (Å²) in [7, 11) is 0. The molecule has 1 aliphatic heterocycles. The molecular formula is C17H14BrNO2. The number of fused-ring (bicyclic) bond motifs is 1. The van der Waals surface area contributed by atoms with Crippen molar-refractivity contribution in [1.82, 2.24) is 0 Å². The first-order chi connectivity index (χ1) is 10.1. The van der Waals surface area contributed by atoms with Crippen molar-refractivity contribution in [3.05, 3.63) is 63.6 Å². The number of rotatable bonds is 2. The molecule has 1 heterocycles. The number of hydrogen-bond acceptors (Lipinski definition) is 2. The topological polar surface area (TPSA) is 38.3 Å². The van der Waals surface area contributed by atoms with E-state index in [4.69, 9.17) is 4.74 Å². The summed E-state index contributed by atoms with van der Waals surface area (Å²) in [5, 5.41) is 2.89. The third kappa shape index (κ3) is 3.16. The number of benzene rings is 2. The van der Waals surface area contributed by atoms with Crippen molar-refractivity contribution < 1.29 is 9.53 Å². The highest BCUT2D eigenvalue weighted by molar-refractivity contribution is 9.10. The molecule has 0 bridgehead atoms. The first-order valence-corrected chi connectivity index (χ1v) is 7.42. The van der Waals surface area contributed by atoms with Crippen molar-refractivity contribution in [1.29, 1.82) is 0 Å². The Kier molecular flexibility index (Phi) is 3.80. The Labute approximate surface area is 131 Å². The van der Waals surface area contributed by atoms with E-state index < -0.39 is 0 Å². The van der Waals surface area contributed by atoms with Gasteiger partial charge in [-0.05, 0) is 43.3 Å². The molecule has 0 spiro atoms. The fourth-order valence-corrected chi connectivity index (χ4v) is 2.51. The largest absolute Gasteiger partial charge is 0.488 e. The third-order valence-corrected chi connectivity index (χ3v) is 3.78. The van der Waals surface area contributed by atoms with Crippen LogP contribution in [-0.4, -0.2) is 12.5 Å². The highest BCUT2D eigenvalue weighted by Crippen LogP contribution is 2.29. The Morgan fingerprint density at radius 2 is 1.95 bits per heavy atom. The van der Waals surface area contributed by atoms with Gasteiger partial charge in [0.25, 0.3) is 5.91 Å². The standard InChI is InChI=1S/C17H14BrNO2/c1-11-2-5-15(6-3-11)19-17(20)13-8-12-9-14(18)4-7-16(12)21-10-13/h2-9H,10H2,1H3,(H,19,20). The third-order valence-electron chi connectivity index (χ3n) is 3.29. The van der Waals surface area contributed by atoms with Crippen LogP contribution in [0.15, 0.2) is 52.5 Å². The van der Waals surface area contributed by atoms with E-state index in [1.54, 1.807) is 0 Å². The van der Waals surface area contributed by atoms with Gasteiger partial charge in [0.2, 0.25) is 0 Å². The quantitative estimate of drug-likeness (QED) is 0.888. The van der Waals surface area contributed by atoms with Crippen molar-refractivity contribution in [3.63, 3.8) is 0 Å². The fraction of sp³-hybridized carbons (Fsp3) is 0.118. The van der Waals surface area contributed by atoms with Crippen LogP contribution in [0.1, 0.15) is 11.1 Å². The maximum Gasteiger partial charge on any atom is 0.255 e. The summed E-state index contributed by atoms with van der Waals surface area (Å²) < 4.78 is 6.58. The number of amides is 1. The van der Waals surface area contributed by atoms with Gasteiger partial charge < -0.3 is 10.1 Å². The minimum Gasteiger partial charge on any atom is -0.488 e. The second kappa shape index (κ2) is 5.74. The maximum atomic E-state index is 12.3. The molecule has 1 aliphatic rings. The van der Waals surface area contributed by atoms with E-state index in [0.29, 0.717) is 5.57 Å². The summed E-state index contributed by atoms with van der Waals surface area (Å²) in [6.07, 6.45) is 1.87. The summed E-state index contributed by atoms with van der Waals surface area (Å²) in [6, 6.07) is 13.5. The molecule has 3 rings (SSSR count). The van der Waals surface area contributed by atoms with Gasteiger partial charge in [-0.3, -0.25) is 4.79 Å². The summed E-state index contributed by atoms with van der Waals surface area (Å²) >= 11 is 3.42. The molecule has 0 atom stereocenters. The lowest BCUT2D eigenvalue weighted by atomic mass is 10.1. The molecule has 2 aromatic carbocycles. The van der Waals surface area contributed by atoms with E-state index in [1.807, 2.05) is 55.5 Å². The number of anilines is 1. The molecule has 4 heteroatoms. The predicted octanol–water partition coefficient (Wildman–Crippen LogP) is 4.17. The zero-order valence-electron chi connectivity index (χ0n) is 11.5. The molecule has 1 N–H and O–H groups in total. The predicted molar refractivity (Wildman–Crippen MR) is 87.4 cm³/mol. The maximum absolute atomic E-state index is 12.3. The molecule has 21 heavy (non-hydrogen) atoms. The van der Waals surface area contributed by atoms with Crippen LogP contribution in [0.5, 0.6) is 5.75 Å². The van der Waals surface area contributed by atoms with Gasteiger partial charge in [0.05, 0.1) is 5.57 Å². The van der Waals surface area contributed by atoms with Gasteiger partial charge >= 0.3 is 0 Å². The molecule has 0 fully saturated rings. The number of carbonyl (C=O) groups is 1. The van der Waals surface area contributed by atoms with Crippen LogP contribution < -0.4 is 10.1 Å². The normalized spacial score (nSPS) is 13.0. The van der Waals surface area contributed by atoms with Crippen LogP contribution in [0.3, 0.4) is 0 Å². The molecule has 106 valence electrons. The highest BCUT2D eigenvalue weighted by Gasteiger charge is 2.17. The molecule has 1 amide bonds. The van der Waals surface area contributed by atoms with Crippen LogP contribution in [-0.2, 0) is 4.79 Å². The average Bonchev–Trinajstić information content (AvgIpc) is 2.48. The van der Waals surface area contributed by atoms with Crippen molar-refractivity contribution in [2.45, 2.75) is 6.92 Å². The lowest BCUT2D eigenvalue weighted by molar-refractivity contribution is -0.113. The zero-order valence-corrected chi connectivity index (χ0v) is 13.1. The minimum absolute atomic E-state index is 0.135. The Morgan fingerprint density at radius 3 is 2.71 bits per heavy atom. The van der Waals surface area contributed by atoms with E-state index in [9.17, 15) is 4.79 Å². The smallest absolute Gasteiger partial charge is 0.255 e. The Morgan fingerprint density at radius 1 is 1.19 bits per heavy atom. The van der Waals surface area contributed by atoms with Gasteiger partial charge in [0.1, 0.15) is 12.4 Å². The number of ether oxygens (including phenoxy) is 1. The van der Waals surface area contributed by atoms with Gasteiger partial charge in [0.15, 0.2) is 0 Å². The van der Waals surface area contributed by atoms with Gasteiger partial charge in [-0.2, -0.15) is 0 Å². The lowest BCUT2D eigenvalue weighted by Crippen LogP contribution is -2.21. The number of carbonyl (C=O) groups excluding carboxylic acids is 1. The van der Waals surface area contributed by atoms with Crippen LogP contribution >= 0.6 is 15.9 Å². The number of hydrogen-bond donors (Lipinski definition) is 1.